The standard InChI is InChI=1S/C19H17BrN2O3S2/c1-11-4-5-15(8-12(11)2)22(13(3)23)19-21-14(10-26-19)9-25-18(24)16-6-7-17(20)27-16/h4-8,10H,9H2,1-3H3. The molecule has 5 nitrogen and oxygen atoms in total. The van der Waals surface area contributed by atoms with E-state index in [4.69, 9.17) is 4.74 Å². The van der Waals surface area contributed by atoms with Crippen LogP contribution in [0.3, 0.4) is 0 Å². The van der Waals surface area contributed by atoms with Crippen molar-refractivity contribution in [1.29, 1.82) is 0 Å². The fraction of sp³-hybridized carbons (Fsp3) is 0.211. The molecule has 0 unspecified atom stereocenters. The lowest BCUT2D eigenvalue weighted by Crippen LogP contribution is -2.22. The van der Waals surface area contributed by atoms with Gasteiger partial charge in [0.25, 0.3) is 0 Å². The minimum Gasteiger partial charge on any atom is -0.455 e. The topological polar surface area (TPSA) is 59.5 Å². The van der Waals surface area contributed by atoms with Crippen molar-refractivity contribution in [1.82, 2.24) is 4.98 Å². The number of amides is 1. The summed E-state index contributed by atoms with van der Waals surface area (Å²) in [6.07, 6.45) is 0. The highest BCUT2D eigenvalue weighted by atomic mass is 79.9. The number of anilines is 2. The third kappa shape index (κ3) is 4.63. The molecule has 0 aliphatic rings. The van der Waals surface area contributed by atoms with Gasteiger partial charge in [0.2, 0.25) is 5.91 Å². The van der Waals surface area contributed by atoms with Crippen LogP contribution in [-0.4, -0.2) is 16.9 Å². The highest BCUT2D eigenvalue weighted by Gasteiger charge is 2.19. The van der Waals surface area contributed by atoms with Gasteiger partial charge in [-0.05, 0) is 65.2 Å². The number of nitrogens with zero attached hydrogens (tertiary/aromatic N) is 2. The molecule has 0 saturated heterocycles. The third-order valence-corrected chi connectivity index (χ3v) is 6.40. The first-order valence-corrected chi connectivity index (χ1v) is 10.6. The predicted molar refractivity (Wildman–Crippen MR) is 112 cm³/mol. The molecule has 0 fully saturated rings. The van der Waals surface area contributed by atoms with E-state index in [1.165, 1.54) is 29.6 Å². The Hall–Kier alpha value is -2.03. The second kappa shape index (κ2) is 8.33. The van der Waals surface area contributed by atoms with Gasteiger partial charge >= 0.3 is 5.97 Å². The van der Waals surface area contributed by atoms with Gasteiger partial charge in [-0.15, -0.1) is 22.7 Å². The number of thiophene rings is 1. The number of benzene rings is 1. The molecule has 0 saturated carbocycles. The zero-order valence-electron chi connectivity index (χ0n) is 15.0. The Morgan fingerprint density at radius 1 is 1.19 bits per heavy atom. The molecule has 0 aliphatic heterocycles. The summed E-state index contributed by atoms with van der Waals surface area (Å²) < 4.78 is 6.18. The van der Waals surface area contributed by atoms with Crippen molar-refractivity contribution in [2.45, 2.75) is 27.4 Å². The number of aromatic nitrogens is 1. The Bertz CT molecular complexity index is 997. The van der Waals surface area contributed by atoms with Crippen molar-refractivity contribution in [2.24, 2.45) is 0 Å². The maximum Gasteiger partial charge on any atom is 0.348 e. The van der Waals surface area contributed by atoms with Crippen LogP contribution in [-0.2, 0) is 16.1 Å². The number of ether oxygens (including phenoxy) is 1. The lowest BCUT2D eigenvalue weighted by Gasteiger charge is -2.19. The van der Waals surface area contributed by atoms with E-state index in [0.29, 0.717) is 15.7 Å². The molecule has 0 spiro atoms. The number of esters is 1. The zero-order chi connectivity index (χ0) is 19.6. The van der Waals surface area contributed by atoms with Crippen molar-refractivity contribution in [2.75, 3.05) is 4.90 Å². The van der Waals surface area contributed by atoms with Gasteiger partial charge in [-0.3, -0.25) is 9.69 Å². The van der Waals surface area contributed by atoms with Crippen LogP contribution in [0.15, 0.2) is 39.5 Å². The fourth-order valence-electron chi connectivity index (χ4n) is 2.39. The van der Waals surface area contributed by atoms with Gasteiger partial charge in [-0.25, -0.2) is 9.78 Å². The van der Waals surface area contributed by atoms with Crippen molar-refractivity contribution in [3.05, 3.63) is 61.2 Å². The number of carbonyl (C=O) groups excluding carboxylic acids is 2. The molecule has 8 heteroatoms. The van der Waals surface area contributed by atoms with Gasteiger partial charge in [0.05, 0.1) is 15.2 Å². The van der Waals surface area contributed by atoms with Gasteiger partial charge in [0, 0.05) is 12.3 Å². The summed E-state index contributed by atoms with van der Waals surface area (Å²) in [5.74, 6) is -0.516. The molecule has 3 rings (SSSR count). The molecular formula is C19H17BrN2O3S2. The predicted octanol–water partition coefficient (Wildman–Crippen LogP) is 5.63. The van der Waals surface area contributed by atoms with Crippen LogP contribution < -0.4 is 4.90 Å². The van der Waals surface area contributed by atoms with Crippen LogP contribution in [0, 0.1) is 13.8 Å². The van der Waals surface area contributed by atoms with Crippen LogP contribution in [0.4, 0.5) is 10.8 Å². The Morgan fingerprint density at radius 2 is 1.96 bits per heavy atom. The molecule has 2 aromatic heterocycles. The highest BCUT2D eigenvalue weighted by Crippen LogP contribution is 2.30. The highest BCUT2D eigenvalue weighted by molar-refractivity contribution is 9.11. The van der Waals surface area contributed by atoms with Gasteiger partial charge in [-0.1, -0.05) is 6.07 Å². The van der Waals surface area contributed by atoms with E-state index >= 15 is 0 Å². The Labute approximate surface area is 173 Å². The number of thiazole rings is 1. The van der Waals surface area contributed by atoms with Gasteiger partial charge in [0.15, 0.2) is 5.13 Å². The first-order valence-electron chi connectivity index (χ1n) is 8.10. The Kier molecular flexibility index (Phi) is 6.08. The molecule has 0 bridgehead atoms. The summed E-state index contributed by atoms with van der Waals surface area (Å²) in [6.45, 7) is 5.60. The summed E-state index contributed by atoms with van der Waals surface area (Å²) >= 11 is 5.98. The summed E-state index contributed by atoms with van der Waals surface area (Å²) in [5.41, 5.74) is 3.64. The summed E-state index contributed by atoms with van der Waals surface area (Å²) in [5, 5.41) is 2.35. The second-order valence-electron chi connectivity index (χ2n) is 5.92. The maximum absolute atomic E-state index is 12.2. The molecule has 0 radical (unpaired) electrons. The van der Waals surface area contributed by atoms with Gasteiger partial charge in [-0.2, -0.15) is 0 Å². The molecule has 2 heterocycles. The fourth-order valence-corrected chi connectivity index (χ4v) is 4.54. The number of hydrogen-bond donors (Lipinski definition) is 0. The Balaban J connectivity index is 1.75. The number of hydrogen-bond acceptors (Lipinski definition) is 6. The quantitative estimate of drug-likeness (QED) is 0.459. The van der Waals surface area contributed by atoms with E-state index in [2.05, 4.69) is 20.9 Å². The average Bonchev–Trinajstić information content (AvgIpc) is 3.25. The van der Waals surface area contributed by atoms with Gasteiger partial charge in [0.1, 0.15) is 11.5 Å². The lowest BCUT2D eigenvalue weighted by molar-refractivity contribution is -0.115. The molecule has 1 amide bonds. The smallest absolute Gasteiger partial charge is 0.348 e. The normalized spacial score (nSPS) is 10.7. The summed E-state index contributed by atoms with van der Waals surface area (Å²) in [6, 6.07) is 9.36. The zero-order valence-corrected chi connectivity index (χ0v) is 18.2. The van der Waals surface area contributed by atoms with E-state index in [-0.39, 0.29) is 12.5 Å². The molecular weight excluding hydrogens is 448 g/mol. The molecule has 0 N–H and O–H groups in total. The van der Waals surface area contributed by atoms with Crippen LogP contribution in [0.5, 0.6) is 0 Å². The lowest BCUT2D eigenvalue weighted by atomic mass is 10.1. The van der Waals surface area contributed by atoms with E-state index in [9.17, 15) is 9.59 Å². The minimum absolute atomic E-state index is 0.0591. The van der Waals surface area contributed by atoms with Crippen LogP contribution in [0.1, 0.15) is 33.4 Å². The molecule has 3 aromatic rings. The molecule has 140 valence electrons. The molecule has 1 aromatic carbocycles. The van der Waals surface area contributed by atoms with Crippen LogP contribution in [0.2, 0.25) is 0 Å². The third-order valence-electron chi connectivity index (χ3n) is 3.92. The number of rotatable bonds is 5. The van der Waals surface area contributed by atoms with Crippen molar-refractivity contribution < 1.29 is 14.3 Å². The number of aryl methyl sites for hydroxylation is 2. The first kappa shape index (κ1) is 19.7. The van der Waals surface area contributed by atoms with Crippen molar-refractivity contribution >= 4 is 61.3 Å². The Morgan fingerprint density at radius 3 is 2.59 bits per heavy atom. The largest absolute Gasteiger partial charge is 0.455 e. The maximum atomic E-state index is 12.2. The SMILES string of the molecule is CC(=O)N(c1ccc(C)c(C)c1)c1nc(COC(=O)c2ccc(Br)s2)cs1. The first-order chi connectivity index (χ1) is 12.8. The number of carbonyl (C=O) groups is 2. The van der Waals surface area contributed by atoms with Crippen LogP contribution in [0.25, 0.3) is 0 Å². The average molecular weight is 465 g/mol. The number of halogens is 1. The van der Waals surface area contributed by atoms with E-state index in [1.807, 2.05) is 32.0 Å². The van der Waals surface area contributed by atoms with E-state index in [1.54, 1.807) is 22.4 Å². The van der Waals surface area contributed by atoms with Crippen LogP contribution >= 0.6 is 38.6 Å². The summed E-state index contributed by atoms with van der Waals surface area (Å²) in [7, 11) is 0. The van der Waals surface area contributed by atoms with Gasteiger partial charge < -0.3 is 4.74 Å². The van der Waals surface area contributed by atoms with E-state index < -0.39 is 5.97 Å². The molecule has 0 aliphatic carbocycles. The second-order valence-corrected chi connectivity index (χ2v) is 9.22. The summed E-state index contributed by atoms with van der Waals surface area (Å²) in [4.78, 5) is 30.8. The van der Waals surface area contributed by atoms with Crippen molar-refractivity contribution in [3.63, 3.8) is 0 Å². The molecule has 27 heavy (non-hydrogen) atoms. The monoisotopic (exact) mass is 464 g/mol. The molecule has 0 atom stereocenters. The van der Waals surface area contributed by atoms with E-state index in [0.717, 1.165) is 20.6 Å². The minimum atomic E-state index is -0.391. The van der Waals surface area contributed by atoms with Crippen molar-refractivity contribution in [3.8, 4) is 0 Å².